The first kappa shape index (κ1) is 13.5. The first-order valence-electron chi connectivity index (χ1n) is 6.93. The van der Waals surface area contributed by atoms with Crippen LogP contribution in [0.4, 0.5) is 0 Å². The number of hydrogen-bond acceptors (Lipinski definition) is 3. The maximum atomic E-state index is 6.26. The molecule has 1 N–H and O–H groups in total. The molecule has 0 saturated heterocycles. The van der Waals surface area contributed by atoms with E-state index < -0.39 is 0 Å². The van der Waals surface area contributed by atoms with Gasteiger partial charge in [0.1, 0.15) is 11.5 Å². The van der Waals surface area contributed by atoms with Crippen LogP contribution in [0.3, 0.4) is 0 Å². The Kier molecular flexibility index (Phi) is 3.72. The summed E-state index contributed by atoms with van der Waals surface area (Å²) < 4.78 is 11.5. The Balaban J connectivity index is 2.11. The third-order valence-corrected chi connectivity index (χ3v) is 3.88. The number of furan rings is 1. The summed E-state index contributed by atoms with van der Waals surface area (Å²) in [5.41, 5.74) is 3.37. The van der Waals surface area contributed by atoms with Crippen LogP contribution in [0.1, 0.15) is 35.4 Å². The fraction of sp³-hybridized carbons (Fsp3) is 0.375. The Morgan fingerprint density at radius 1 is 1.40 bits per heavy atom. The lowest BCUT2D eigenvalue weighted by molar-refractivity contribution is 0.347. The molecule has 0 aliphatic carbocycles. The van der Waals surface area contributed by atoms with Gasteiger partial charge in [-0.25, -0.2) is 0 Å². The Hall–Kier alpha value is -1.45. The van der Waals surface area contributed by atoms with Crippen LogP contribution in [0.25, 0.3) is 0 Å². The van der Waals surface area contributed by atoms with Gasteiger partial charge in [0, 0.05) is 17.0 Å². The van der Waals surface area contributed by atoms with Crippen molar-refractivity contribution < 1.29 is 9.15 Å². The lowest BCUT2D eigenvalue weighted by Gasteiger charge is -2.20. The molecule has 2 aromatic rings. The molecule has 3 rings (SSSR count). The van der Waals surface area contributed by atoms with Gasteiger partial charge in [0.05, 0.1) is 18.9 Å². The highest BCUT2D eigenvalue weighted by atomic mass is 35.5. The van der Waals surface area contributed by atoms with Crippen molar-refractivity contribution in [3.63, 3.8) is 0 Å². The van der Waals surface area contributed by atoms with E-state index in [1.807, 2.05) is 18.2 Å². The standard InChI is InChI=1S/C16H18ClNO2/c1-3-18-14(15-10(2)4-6-19-15)13-9-12(17)8-11-5-7-20-16(11)13/h4,6,8-9,14,18H,3,5,7H2,1-2H3. The molecule has 1 aromatic carbocycles. The molecule has 20 heavy (non-hydrogen) atoms. The third kappa shape index (κ3) is 2.32. The van der Waals surface area contributed by atoms with Crippen molar-refractivity contribution >= 4 is 11.6 Å². The first-order chi connectivity index (χ1) is 9.70. The molecule has 0 saturated carbocycles. The van der Waals surface area contributed by atoms with Crippen LogP contribution in [0.15, 0.2) is 28.9 Å². The van der Waals surface area contributed by atoms with E-state index in [2.05, 4.69) is 19.2 Å². The molecule has 0 spiro atoms. The average Bonchev–Trinajstić information content (AvgIpc) is 3.04. The Morgan fingerprint density at radius 3 is 2.95 bits per heavy atom. The zero-order valence-electron chi connectivity index (χ0n) is 11.7. The van der Waals surface area contributed by atoms with Crippen LogP contribution in [-0.4, -0.2) is 13.2 Å². The average molecular weight is 292 g/mol. The number of benzene rings is 1. The second kappa shape index (κ2) is 5.51. The first-order valence-corrected chi connectivity index (χ1v) is 7.31. The number of hydrogen-bond donors (Lipinski definition) is 1. The zero-order chi connectivity index (χ0) is 14.1. The molecule has 0 amide bonds. The van der Waals surface area contributed by atoms with Gasteiger partial charge in [-0.3, -0.25) is 0 Å². The van der Waals surface area contributed by atoms with Crippen molar-refractivity contribution in [3.05, 3.63) is 51.9 Å². The third-order valence-electron chi connectivity index (χ3n) is 3.66. The van der Waals surface area contributed by atoms with Gasteiger partial charge in [-0.1, -0.05) is 18.5 Å². The lowest BCUT2D eigenvalue weighted by atomic mass is 9.98. The molecule has 0 bridgehead atoms. The molecule has 1 atom stereocenters. The minimum atomic E-state index is -0.0273. The number of fused-ring (bicyclic) bond motifs is 1. The molecule has 1 aliphatic heterocycles. The predicted octanol–water partition coefficient (Wildman–Crippen LogP) is 3.88. The van der Waals surface area contributed by atoms with E-state index in [9.17, 15) is 0 Å². The lowest BCUT2D eigenvalue weighted by Crippen LogP contribution is -2.22. The normalized spacial score (nSPS) is 14.9. The number of halogens is 1. The summed E-state index contributed by atoms with van der Waals surface area (Å²) in [7, 11) is 0. The van der Waals surface area contributed by atoms with Crippen LogP contribution in [-0.2, 0) is 6.42 Å². The van der Waals surface area contributed by atoms with Crippen molar-refractivity contribution in [3.8, 4) is 5.75 Å². The van der Waals surface area contributed by atoms with Gasteiger partial charge in [0.25, 0.3) is 0 Å². The van der Waals surface area contributed by atoms with Gasteiger partial charge in [0.15, 0.2) is 0 Å². The molecule has 1 aromatic heterocycles. The highest BCUT2D eigenvalue weighted by Crippen LogP contribution is 2.39. The second-order valence-corrected chi connectivity index (χ2v) is 5.48. The Bertz CT molecular complexity index is 621. The van der Waals surface area contributed by atoms with Crippen molar-refractivity contribution in [2.75, 3.05) is 13.2 Å². The number of rotatable bonds is 4. The van der Waals surface area contributed by atoms with Gasteiger partial charge in [-0.15, -0.1) is 0 Å². The van der Waals surface area contributed by atoms with Crippen molar-refractivity contribution in [1.82, 2.24) is 5.32 Å². The van der Waals surface area contributed by atoms with E-state index in [4.69, 9.17) is 20.8 Å². The monoisotopic (exact) mass is 291 g/mol. The second-order valence-electron chi connectivity index (χ2n) is 5.04. The summed E-state index contributed by atoms with van der Waals surface area (Å²) in [6.07, 6.45) is 2.64. The van der Waals surface area contributed by atoms with Gasteiger partial charge >= 0.3 is 0 Å². The molecular weight excluding hydrogens is 274 g/mol. The SMILES string of the molecule is CCNC(c1cc(Cl)cc2c1OCC2)c1occc1C. The molecule has 106 valence electrons. The smallest absolute Gasteiger partial charge is 0.128 e. The van der Waals surface area contributed by atoms with Crippen LogP contribution >= 0.6 is 11.6 Å². The van der Waals surface area contributed by atoms with Crippen molar-refractivity contribution in [1.29, 1.82) is 0 Å². The Labute approximate surface area is 123 Å². The van der Waals surface area contributed by atoms with Gasteiger partial charge in [-0.05, 0) is 42.8 Å². The maximum absolute atomic E-state index is 6.26. The zero-order valence-corrected chi connectivity index (χ0v) is 12.5. The summed E-state index contributed by atoms with van der Waals surface area (Å²) in [5, 5.41) is 4.21. The molecule has 3 nitrogen and oxygen atoms in total. The van der Waals surface area contributed by atoms with E-state index in [-0.39, 0.29) is 6.04 Å². The maximum Gasteiger partial charge on any atom is 0.128 e. The summed E-state index contributed by atoms with van der Waals surface area (Å²) in [6, 6.07) is 5.91. The van der Waals surface area contributed by atoms with Gasteiger partial charge < -0.3 is 14.5 Å². The van der Waals surface area contributed by atoms with Crippen LogP contribution in [0, 0.1) is 6.92 Å². The topological polar surface area (TPSA) is 34.4 Å². The summed E-state index contributed by atoms with van der Waals surface area (Å²) in [4.78, 5) is 0. The van der Waals surface area contributed by atoms with Gasteiger partial charge in [0.2, 0.25) is 0 Å². The Morgan fingerprint density at radius 2 is 2.25 bits per heavy atom. The van der Waals surface area contributed by atoms with Gasteiger partial charge in [-0.2, -0.15) is 0 Å². The molecule has 4 heteroatoms. The highest BCUT2D eigenvalue weighted by Gasteiger charge is 2.26. The predicted molar refractivity (Wildman–Crippen MR) is 79.6 cm³/mol. The van der Waals surface area contributed by atoms with E-state index in [1.165, 1.54) is 5.56 Å². The van der Waals surface area contributed by atoms with E-state index in [0.29, 0.717) is 0 Å². The van der Waals surface area contributed by atoms with E-state index >= 15 is 0 Å². The molecule has 1 aliphatic rings. The highest BCUT2D eigenvalue weighted by molar-refractivity contribution is 6.30. The molecular formula is C16H18ClNO2. The summed E-state index contributed by atoms with van der Waals surface area (Å²) in [5.74, 6) is 1.88. The largest absolute Gasteiger partial charge is 0.493 e. The minimum absolute atomic E-state index is 0.0273. The molecule has 1 unspecified atom stereocenters. The number of aryl methyl sites for hydroxylation is 1. The number of nitrogens with one attached hydrogen (secondary N) is 1. The molecule has 2 heterocycles. The molecule has 0 radical (unpaired) electrons. The van der Waals surface area contributed by atoms with Crippen LogP contribution in [0.5, 0.6) is 5.75 Å². The van der Waals surface area contributed by atoms with Crippen molar-refractivity contribution in [2.24, 2.45) is 0 Å². The van der Waals surface area contributed by atoms with Crippen LogP contribution in [0.2, 0.25) is 5.02 Å². The van der Waals surface area contributed by atoms with Crippen molar-refractivity contribution in [2.45, 2.75) is 26.3 Å². The summed E-state index contributed by atoms with van der Waals surface area (Å²) >= 11 is 6.26. The fourth-order valence-corrected chi connectivity index (χ4v) is 2.99. The molecule has 0 fully saturated rings. The number of ether oxygens (including phenoxy) is 1. The van der Waals surface area contributed by atoms with E-state index in [1.54, 1.807) is 6.26 Å². The van der Waals surface area contributed by atoms with E-state index in [0.717, 1.165) is 47.2 Å². The quantitative estimate of drug-likeness (QED) is 0.928. The summed E-state index contributed by atoms with van der Waals surface area (Å²) in [6.45, 7) is 5.69. The van der Waals surface area contributed by atoms with Crippen LogP contribution < -0.4 is 10.1 Å². The fourth-order valence-electron chi connectivity index (χ4n) is 2.74. The minimum Gasteiger partial charge on any atom is -0.493 e.